The van der Waals surface area contributed by atoms with Crippen molar-refractivity contribution in [2.24, 2.45) is 0 Å². The first-order valence-electron chi connectivity index (χ1n) is 12.9. The number of nitrogens with one attached hydrogen (secondary N) is 1. The smallest absolute Gasteiger partial charge is 0.261 e. The molecule has 0 saturated heterocycles. The number of likely N-dealkylation sites (N-methyl/N-ethyl adjacent to an activating group) is 1. The monoisotopic (exact) mass is 503 g/mol. The summed E-state index contributed by atoms with van der Waals surface area (Å²) in [6.07, 6.45) is 8.66. The Bertz CT molecular complexity index is 1180. The Kier molecular flexibility index (Phi) is 9.22. The van der Waals surface area contributed by atoms with Gasteiger partial charge in [-0.05, 0) is 50.1 Å². The number of carbonyl (C=O) groups is 1. The molecule has 8 nitrogen and oxygen atoms in total. The lowest BCUT2D eigenvalue weighted by molar-refractivity contribution is -0.135. The molecule has 1 fully saturated rings. The van der Waals surface area contributed by atoms with Crippen molar-refractivity contribution in [3.63, 3.8) is 0 Å². The maximum Gasteiger partial charge on any atom is 0.261 e. The minimum absolute atomic E-state index is 0.0392. The zero-order valence-corrected chi connectivity index (χ0v) is 22.0. The van der Waals surface area contributed by atoms with Crippen LogP contribution in [0.4, 0.5) is 0 Å². The van der Waals surface area contributed by atoms with Gasteiger partial charge in [-0.1, -0.05) is 43.3 Å². The highest BCUT2D eigenvalue weighted by atomic mass is 16.5. The molecule has 4 rings (SSSR count). The summed E-state index contributed by atoms with van der Waals surface area (Å²) in [4.78, 5) is 24.1. The summed E-state index contributed by atoms with van der Waals surface area (Å²) in [5.41, 5.74) is 5.07. The average Bonchev–Trinajstić information content (AvgIpc) is 3.73. The second-order valence-corrected chi connectivity index (χ2v) is 9.48. The first-order chi connectivity index (χ1) is 18.0. The summed E-state index contributed by atoms with van der Waals surface area (Å²) >= 11 is 0. The van der Waals surface area contributed by atoms with Crippen molar-refractivity contribution in [1.29, 1.82) is 0 Å². The topological polar surface area (TPSA) is 79.8 Å². The van der Waals surface area contributed by atoms with Crippen molar-refractivity contribution in [1.82, 2.24) is 25.3 Å². The van der Waals surface area contributed by atoms with Crippen molar-refractivity contribution >= 4 is 16.8 Å². The second-order valence-electron chi connectivity index (χ2n) is 9.48. The van der Waals surface area contributed by atoms with Crippen molar-refractivity contribution < 1.29 is 14.3 Å². The molecule has 1 aromatic heterocycles. The number of rotatable bonds is 14. The number of ether oxygens (including phenoxy) is 2. The summed E-state index contributed by atoms with van der Waals surface area (Å²) in [5, 5.41) is 2.71. The first-order valence-corrected chi connectivity index (χ1v) is 12.9. The molecule has 0 unspecified atom stereocenters. The molecule has 1 atom stereocenters. The second kappa shape index (κ2) is 12.8. The van der Waals surface area contributed by atoms with Gasteiger partial charge in [-0.2, -0.15) is 0 Å². The van der Waals surface area contributed by atoms with Crippen molar-refractivity contribution in [2.45, 2.75) is 38.3 Å². The Balaban J connectivity index is 1.48. The third-order valence-electron chi connectivity index (χ3n) is 6.81. The zero-order valence-electron chi connectivity index (χ0n) is 22.0. The predicted octanol–water partition coefficient (Wildman–Crippen LogP) is 4.16. The van der Waals surface area contributed by atoms with Crippen LogP contribution in [0, 0.1) is 0 Å². The molecule has 0 spiro atoms. The fraction of sp³-hybridized carbons (Fsp3) is 0.414. The quantitative estimate of drug-likeness (QED) is 0.261. The van der Waals surface area contributed by atoms with Gasteiger partial charge in [0.25, 0.3) is 5.91 Å². The number of amides is 1. The van der Waals surface area contributed by atoms with E-state index in [1.807, 2.05) is 42.5 Å². The van der Waals surface area contributed by atoms with E-state index in [0.29, 0.717) is 19.8 Å². The van der Waals surface area contributed by atoms with Crippen LogP contribution in [-0.2, 0) is 9.53 Å². The van der Waals surface area contributed by atoms with Gasteiger partial charge in [0.05, 0.1) is 17.7 Å². The van der Waals surface area contributed by atoms with Gasteiger partial charge >= 0.3 is 0 Å². The summed E-state index contributed by atoms with van der Waals surface area (Å²) in [7, 11) is 1.70. The lowest BCUT2D eigenvalue weighted by atomic mass is 10.1. The lowest BCUT2D eigenvalue weighted by Crippen LogP contribution is -2.53. The summed E-state index contributed by atoms with van der Waals surface area (Å²) < 4.78 is 11.4. The van der Waals surface area contributed by atoms with Crippen LogP contribution in [0.1, 0.15) is 38.3 Å². The predicted molar refractivity (Wildman–Crippen MR) is 145 cm³/mol. The largest absolute Gasteiger partial charge is 0.491 e. The van der Waals surface area contributed by atoms with Crippen LogP contribution in [0.5, 0.6) is 5.75 Å². The molecule has 0 aliphatic heterocycles. The number of carbonyl (C=O) groups excluding carboxylic acids is 1. The zero-order chi connectivity index (χ0) is 26.1. The van der Waals surface area contributed by atoms with Crippen LogP contribution in [0.3, 0.4) is 0 Å². The number of hydrazine groups is 1. The van der Waals surface area contributed by atoms with Crippen LogP contribution in [0.25, 0.3) is 10.9 Å². The molecule has 1 saturated carbocycles. The Morgan fingerprint density at radius 2 is 2.03 bits per heavy atom. The molecule has 3 aromatic rings. The fourth-order valence-electron chi connectivity index (χ4n) is 4.27. The first kappa shape index (κ1) is 26.7. The molecule has 1 aliphatic carbocycles. The molecule has 37 heavy (non-hydrogen) atoms. The van der Waals surface area contributed by atoms with Gasteiger partial charge in [0.2, 0.25) is 0 Å². The molecule has 2 aromatic carbocycles. The normalized spacial score (nSPS) is 15.2. The van der Waals surface area contributed by atoms with E-state index in [9.17, 15) is 4.79 Å². The lowest BCUT2D eigenvalue weighted by Gasteiger charge is -2.34. The van der Waals surface area contributed by atoms with E-state index in [1.165, 1.54) is 6.33 Å². The SMILES string of the molecule is CCN(C/C=C/C(=O)N(N[C@H](C)c1ccccc1)C1(COc2ccc3ncncc3c2)CC1)CCOC. The third-order valence-corrected chi connectivity index (χ3v) is 6.81. The Morgan fingerprint density at radius 3 is 2.76 bits per heavy atom. The van der Waals surface area contributed by atoms with Gasteiger partial charge in [-0.25, -0.2) is 15.4 Å². The molecule has 1 heterocycles. The van der Waals surface area contributed by atoms with Gasteiger partial charge in [0, 0.05) is 43.9 Å². The van der Waals surface area contributed by atoms with Crippen LogP contribution < -0.4 is 10.2 Å². The van der Waals surface area contributed by atoms with E-state index >= 15 is 0 Å². The molecule has 1 N–H and O–H groups in total. The number of aromatic nitrogens is 2. The molecule has 0 radical (unpaired) electrons. The van der Waals surface area contributed by atoms with Gasteiger partial charge in [0.15, 0.2) is 0 Å². The Hall–Kier alpha value is -3.33. The molecular formula is C29H37N5O3. The highest BCUT2D eigenvalue weighted by molar-refractivity contribution is 5.88. The van der Waals surface area contributed by atoms with Gasteiger partial charge in [0.1, 0.15) is 18.7 Å². The third kappa shape index (κ3) is 7.13. The van der Waals surface area contributed by atoms with E-state index in [4.69, 9.17) is 9.47 Å². The number of nitrogens with zero attached hydrogens (tertiary/aromatic N) is 4. The molecule has 8 heteroatoms. The maximum atomic E-state index is 13.5. The molecule has 1 amide bonds. The van der Waals surface area contributed by atoms with Crippen molar-refractivity contribution in [3.05, 3.63) is 78.8 Å². The van der Waals surface area contributed by atoms with Crippen LogP contribution in [0.15, 0.2) is 73.2 Å². The molecule has 196 valence electrons. The minimum atomic E-state index is -0.410. The number of hydrogen-bond donors (Lipinski definition) is 1. The average molecular weight is 504 g/mol. The molecular weight excluding hydrogens is 466 g/mol. The van der Waals surface area contributed by atoms with Crippen LogP contribution in [0.2, 0.25) is 0 Å². The number of hydrogen-bond acceptors (Lipinski definition) is 7. The van der Waals surface area contributed by atoms with Gasteiger partial charge < -0.3 is 9.47 Å². The summed E-state index contributed by atoms with van der Waals surface area (Å²) in [6, 6.07) is 15.9. The van der Waals surface area contributed by atoms with Crippen molar-refractivity contribution in [2.75, 3.05) is 40.0 Å². The molecule has 0 bridgehead atoms. The Morgan fingerprint density at radius 1 is 1.22 bits per heavy atom. The van der Waals surface area contributed by atoms with E-state index in [1.54, 1.807) is 24.4 Å². The maximum absolute atomic E-state index is 13.5. The molecule has 1 aliphatic rings. The van der Waals surface area contributed by atoms with Crippen molar-refractivity contribution in [3.8, 4) is 5.75 Å². The van der Waals surface area contributed by atoms with Crippen LogP contribution >= 0.6 is 0 Å². The summed E-state index contributed by atoms with van der Waals surface area (Å²) in [6.45, 7) is 7.65. The summed E-state index contributed by atoms with van der Waals surface area (Å²) in [5.74, 6) is 0.669. The number of benzene rings is 2. The van der Waals surface area contributed by atoms with E-state index in [-0.39, 0.29) is 11.9 Å². The highest BCUT2D eigenvalue weighted by Crippen LogP contribution is 2.42. The fourth-order valence-corrected chi connectivity index (χ4v) is 4.27. The van der Waals surface area contributed by atoms with Gasteiger partial charge in [-0.3, -0.25) is 14.7 Å². The van der Waals surface area contributed by atoms with E-state index in [0.717, 1.165) is 48.1 Å². The van der Waals surface area contributed by atoms with E-state index < -0.39 is 5.54 Å². The van der Waals surface area contributed by atoms with E-state index in [2.05, 4.69) is 46.3 Å². The van der Waals surface area contributed by atoms with Crippen LogP contribution in [-0.4, -0.2) is 71.3 Å². The number of fused-ring (bicyclic) bond motifs is 1. The number of methoxy groups -OCH3 is 1. The van der Waals surface area contributed by atoms with Gasteiger partial charge in [-0.15, -0.1) is 0 Å². The Labute approximate surface area is 219 Å². The standard InChI is InChI=1S/C29H37N5O3/c1-4-33(17-18-36-3)16-8-11-28(35)34(32-23(2)24-9-6-5-7-10-24)29(14-15-29)21-37-26-12-13-27-25(19-26)20-30-22-31-27/h5-13,19-20,22-23,32H,4,14-18,21H2,1-3H3/b11-8+/t23-/m1/s1. The minimum Gasteiger partial charge on any atom is -0.491 e. The highest BCUT2D eigenvalue weighted by Gasteiger charge is 2.51.